The van der Waals surface area contributed by atoms with Gasteiger partial charge in [0.25, 0.3) is 0 Å². The number of aromatic nitrogens is 1. The van der Waals surface area contributed by atoms with Gasteiger partial charge in [-0.15, -0.1) is 0 Å². The smallest absolute Gasteiger partial charge is 0.175 e. The maximum atomic E-state index is 13.3. The molecule has 0 aliphatic heterocycles. The van der Waals surface area contributed by atoms with E-state index < -0.39 is 9.84 Å². The molecule has 2 aromatic carbocycles. The number of halogens is 1. The van der Waals surface area contributed by atoms with Gasteiger partial charge in [-0.05, 0) is 59.5 Å². The zero-order valence-electron chi connectivity index (χ0n) is 14.2. The normalized spacial score (nSPS) is 11.2. The Morgan fingerprint density at radius 3 is 2.35 bits per heavy atom. The SMILES string of the molecule is Cc1cc(S(C)(=O)=O)cc(-c2ccc(F)cc2)c1-c1cncc(C#N)c1. The number of pyridine rings is 1. The number of hydrogen-bond acceptors (Lipinski definition) is 4. The van der Waals surface area contributed by atoms with E-state index in [2.05, 4.69) is 11.1 Å². The van der Waals surface area contributed by atoms with Gasteiger partial charge in [0.2, 0.25) is 0 Å². The van der Waals surface area contributed by atoms with Crippen molar-refractivity contribution in [2.24, 2.45) is 0 Å². The third kappa shape index (κ3) is 3.48. The number of sulfone groups is 1. The van der Waals surface area contributed by atoms with Gasteiger partial charge in [0.1, 0.15) is 11.9 Å². The monoisotopic (exact) mass is 366 g/mol. The molecule has 0 radical (unpaired) electrons. The highest BCUT2D eigenvalue weighted by molar-refractivity contribution is 7.90. The standard InChI is InChI=1S/C20H15FN2O2S/c1-13-7-18(26(2,24)25)9-19(15-3-5-17(21)6-4-15)20(13)16-8-14(10-22)11-23-12-16/h3-9,11-12H,1-2H3. The van der Waals surface area contributed by atoms with Gasteiger partial charge in [-0.2, -0.15) is 5.26 Å². The Kier molecular flexibility index (Phi) is 4.58. The quantitative estimate of drug-likeness (QED) is 0.698. The second-order valence-corrected chi connectivity index (χ2v) is 8.03. The maximum Gasteiger partial charge on any atom is 0.175 e. The van der Waals surface area contributed by atoms with Crippen molar-refractivity contribution < 1.29 is 12.8 Å². The predicted octanol–water partition coefficient (Wildman–Crippen LogP) is 4.14. The Labute approximate surface area is 151 Å². The summed E-state index contributed by atoms with van der Waals surface area (Å²) in [5.74, 6) is -0.376. The number of aryl methyl sites for hydroxylation is 1. The maximum absolute atomic E-state index is 13.3. The average molecular weight is 366 g/mol. The summed E-state index contributed by atoms with van der Waals surface area (Å²) in [7, 11) is -3.42. The van der Waals surface area contributed by atoms with Crippen molar-refractivity contribution in [2.75, 3.05) is 6.26 Å². The molecule has 1 aromatic heterocycles. The summed E-state index contributed by atoms with van der Waals surface area (Å²) in [4.78, 5) is 4.28. The van der Waals surface area contributed by atoms with Gasteiger partial charge in [0, 0.05) is 24.2 Å². The second-order valence-electron chi connectivity index (χ2n) is 6.02. The molecule has 0 saturated heterocycles. The first kappa shape index (κ1) is 17.8. The van der Waals surface area contributed by atoms with Crippen molar-refractivity contribution in [1.29, 1.82) is 5.26 Å². The molecule has 0 bridgehead atoms. The molecule has 1 heterocycles. The lowest BCUT2D eigenvalue weighted by Gasteiger charge is -2.15. The van der Waals surface area contributed by atoms with Crippen molar-refractivity contribution in [2.45, 2.75) is 11.8 Å². The van der Waals surface area contributed by atoms with Crippen molar-refractivity contribution in [1.82, 2.24) is 4.98 Å². The van der Waals surface area contributed by atoms with Crippen molar-refractivity contribution >= 4 is 9.84 Å². The van der Waals surface area contributed by atoms with Gasteiger partial charge in [-0.1, -0.05) is 12.1 Å². The first-order valence-electron chi connectivity index (χ1n) is 7.76. The van der Waals surface area contributed by atoms with Crippen LogP contribution in [0.5, 0.6) is 0 Å². The number of nitrogens with zero attached hydrogens (tertiary/aromatic N) is 2. The van der Waals surface area contributed by atoms with Crippen LogP contribution >= 0.6 is 0 Å². The number of benzene rings is 2. The zero-order chi connectivity index (χ0) is 18.9. The van der Waals surface area contributed by atoms with E-state index in [1.54, 1.807) is 43.5 Å². The van der Waals surface area contributed by atoms with E-state index in [1.165, 1.54) is 18.3 Å². The van der Waals surface area contributed by atoms with Gasteiger partial charge in [-0.25, -0.2) is 12.8 Å². The summed E-state index contributed by atoms with van der Waals surface area (Å²) in [5.41, 5.74) is 3.90. The third-order valence-electron chi connectivity index (χ3n) is 4.05. The van der Waals surface area contributed by atoms with E-state index in [-0.39, 0.29) is 10.7 Å². The molecular weight excluding hydrogens is 351 g/mol. The van der Waals surface area contributed by atoms with Crippen LogP contribution in [0, 0.1) is 24.1 Å². The molecule has 0 N–H and O–H groups in total. The van der Waals surface area contributed by atoms with Crippen LogP contribution in [0.3, 0.4) is 0 Å². The first-order chi connectivity index (χ1) is 12.3. The predicted molar refractivity (Wildman–Crippen MR) is 97.6 cm³/mol. The van der Waals surface area contributed by atoms with Crippen LogP contribution in [-0.4, -0.2) is 19.7 Å². The summed E-state index contributed by atoms with van der Waals surface area (Å²) in [5, 5.41) is 9.13. The highest BCUT2D eigenvalue weighted by atomic mass is 32.2. The first-order valence-corrected chi connectivity index (χ1v) is 9.65. The Balaban J connectivity index is 2.36. The summed E-state index contributed by atoms with van der Waals surface area (Å²) in [6.45, 7) is 1.80. The highest BCUT2D eigenvalue weighted by Gasteiger charge is 2.17. The van der Waals surface area contributed by atoms with Gasteiger partial charge in [0.05, 0.1) is 10.5 Å². The molecule has 0 spiro atoms. The Morgan fingerprint density at radius 2 is 1.73 bits per heavy atom. The molecule has 6 heteroatoms. The minimum Gasteiger partial charge on any atom is -0.263 e. The van der Waals surface area contributed by atoms with Gasteiger partial charge < -0.3 is 0 Å². The van der Waals surface area contributed by atoms with E-state index in [0.717, 1.165) is 17.4 Å². The van der Waals surface area contributed by atoms with Crippen LogP contribution in [0.15, 0.2) is 59.8 Å². The van der Waals surface area contributed by atoms with Crippen LogP contribution in [0.1, 0.15) is 11.1 Å². The Morgan fingerprint density at radius 1 is 1.04 bits per heavy atom. The number of rotatable bonds is 3. The molecular formula is C20H15FN2O2S. The van der Waals surface area contributed by atoms with E-state index in [0.29, 0.717) is 22.3 Å². The van der Waals surface area contributed by atoms with Gasteiger partial charge >= 0.3 is 0 Å². The van der Waals surface area contributed by atoms with Crippen molar-refractivity contribution in [3.8, 4) is 28.3 Å². The molecule has 0 saturated carbocycles. The van der Waals surface area contributed by atoms with Gasteiger partial charge in [0.15, 0.2) is 9.84 Å². The number of hydrogen-bond donors (Lipinski definition) is 0. The van der Waals surface area contributed by atoms with Gasteiger partial charge in [-0.3, -0.25) is 4.98 Å². The summed E-state index contributed by atoms with van der Waals surface area (Å²) >= 11 is 0. The topological polar surface area (TPSA) is 70.8 Å². The lowest BCUT2D eigenvalue weighted by atomic mass is 9.91. The van der Waals surface area contributed by atoms with Crippen LogP contribution in [-0.2, 0) is 9.84 Å². The molecule has 3 aromatic rings. The summed E-state index contributed by atoms with van der Waals surface area (Å²) in [6.07, 6.45) is 4.23. The van der Waals surface area contributed by atoms with Crippen LogP contribution in [0.2, 0.25) is 0 Å². The second kappa shape index (κ2) is 6.70. The molecule has 3 rings (SSSR count). The lowest BCUT2D eigenvalue weighted by Crippen LogP contribution is -2.00. The van der Waals surface area contributed by atoms with Crippen molar-refractivity contribution in [3.05, 3.63) is 71.8 Å². The molecule has 0 fully saturated rings. The molecule has 4 nitrogen and oxygen atoms in total. The Bertz CT molecular complexity index is 1130. The van der Waals surface area contributed by atoms with E-state index >= 15 is 0 Å². The van der Waals surface area contributed by atoms with Crippen LogP contribution < -0.4 is 0 Å². The largest absolute Gasteiger partial charge is 0.263 e. The molecule has 0 aliphatic carbocycles. The zero-order valence-corrected chi connectivity index (χ0v) is 15.0. The molecule has 130 valence electrons. The van der Waals surface area contributed by atoms with Crippen LogP contribution in [0.4, 0.5) is 4.39 Å². The molecule has 0 atom stereocenters. The Hall–Kier alpha value is -3.04. The summed E-state index contributed by atoms with van der Waals surface area (Å²) in [6, 6.07) is 12.8. The van der Waals surface area contributed by atoms with Crippen LogP contribution in [0.25, 0.3) is 22.3 Å². The minimum absolute atomic E-state index is 0.183. The van der Waals surface area contributed by atoms with E-state index in [4.69, 9.17) is 5.26 Å². The number of nitriles is 1. The fourth-order valence-corrected chi connectivity index (χ4v) is 3.57. The highest BCUT2D eigenvalue weighted by Crippen LogP contribution is 2.37. The van der Waals surface area contributed by atoms with Crippen molar-refractivity contribution in [3.63, 3.8) is 0 Å². The fraction of sp³-hybridized carbons (Fsp3) is 0.100. The fourth-order valence-electron chi connectivity index (χ4n) is 2.85. The molecule has 26 heavy (non-hydrogen) atoms. The molecule has 0 unspecified atom stereocenters. The van der Waals surface area contributed by atoms with E-state index in [1.807, 2.05) is 0 Å². The molecule has 0 amide bonds. The van der Waals surface area contributed by atoms with E-state index in [9.17, 15) is 12.8 Å². The minimum atomic E-state index is -3.42. The molecule has 0 aliphatic rings. The third-order valence-corrected chi connectivity index (χ3v) is 5.14. The average Bonchev–Trinajstić information content (AvgIpc) is 2.61. The lowest BCUT2D eigenvalue weighted by molar-refractivity contribution is 0.602. The summed E-state index contributed by atoms with van der Waals surface area (Å²) < 4.78 is 37.4.